The van der Waals surface area contributed by atoms with Crippen LogP contribution in [0.1, 0.15) is 12.5 Å². The molecule has 1 aromatic carbocycles. The molecule has 0 aliphatic heterocycles. The summed E-state index contributed by atoms with van der Waals surface area (Å²) in [6.45, 7) is 4.15. The van der Waals surface area contributed by atoms with Crippen molar-refractivity contribution in [2.24, 2.45) is 0 Å². The molecule has 1 atom stereocenters. The van der Waals surface area contributed by atoms with E-state index < -0.39 is 6.03 Å². The maximum Gasteiger partial charge on any atom is 0.319 e. The lowest BCUT2D eigenvalue weighted by Crippen LogP contribution is -2.43. The molecule has 0 fully saturated rings. The molecule has 0 aliphatic rings. The van der Waals surface area contributed by atoms with Crippen LogP contribution in [-0.2, 0) is 9.53 Å². The Labute approximate surface area is 118 Å². The van der Waals surface area contributed by atoms with E-state index in [9.17, 15) is 9.59 Å². The maximum absolute atomic E-state index is 11.6. The van der Waals surface area contributed by atoms with E-state index in [1.54, 1.807) is 19.2 Å². The van der Waals surface area contributed by atoms with Gasteiger partial charge < -0.3 is 20.7 Å². The van der Waals surface area contributed by atoms with E-state index in [1.807, 2.05) is 26.0 Å². The zero-order chi connectivity index (χ0) is 15.0. The monoisotopic (exact) mass is 279 g/mol. The van der Waals surface area contributed by atoms with Gasteiger partial charge in [0.25, 0.3) is 0 Å². The lowest BCUT2D eigenvalue weighted by atomic mass is 10.2. The van der Waals surface area contributed by atoms with Gasteiger partial charge in [-0.1, -0.05) is 17.7 Å². The fraction of sp³-hybridized carbons (Fsp3) is 0.429. The van der Waals surface area contributed by atoms with Crippen LogP contribution in [0.3, 0.4) is 0 Å². The molecule has 6 heteroatoms. The van der Waals surface area contributed by atoms with E-state index in [0.717, 1.165) is 5.56 Å². The van der Waals surface area contributed by atoms with Crippen LogP contribution in [-0.4, -0.2) is 38.2 Å². The van der Waals surface area contributed by atoms with Crippen molar-refractivity contribution < 1.29 is 14.3 Å². The number of hydrogen-bond acceptors (Lipinski definition) is 3. The van der Waals surface area contributed by atoms with Gasteiger partial charge in [-0.3, -0.25) is 4.79 Å². The lowest BCUT2D eigenvalue weighted by Gasteiger charge is -2.13. The van der Waals surface area contributed by atoms with Gasteiger partial charge in [0.15, 0.2) is 0 Å². The summed E-state index contributed by atoms with van der Waals surface area (Å²) in [4.78, 5) is 23.1. The number of carbonyl (C=O) groups is 2. The SMILES string of the molecule is COC[C@H](C)NC(=O)CNC(=O)Nc1ccc(C)cc1. The topological polar surface area (TPSA) is 79.5 Å². The molecule has 0 radical (unpaired) electrons. The minimum atomic E-state index is -0.414. The van der Waals surface area contributed by atoms with Crippen LogP contribution < -0.4 is 16.0 Å². The number of urea groups is 1. The lowest BCUT2D eigenvalue weighted by molar-refractivity contribution is -0.121. The number of ether oxygens (including phenoxy) is 1. The van der Waals surface area contributed by atoms with Gasteiger partial charge >= 0.3 is 6.03 Å². The van der Waals surface area contributed by atoms with Crippen molar-refractivity contribution in [3.05, 3.63) is 29.8 Å². The summed E-state index contributed by atoms with van der Waals surface area (Å²) in [5, 5.41) is 7.84. The van der Waals surface area contributed by atoms with Gasteiger partial charge in [0.05, 0.1) is 13.2 Å². The molecule has 20 heavy (non-hydrogen) atoms. The quantitative estimate of drug-likeness (QED) is 0.733. The molecule has 0 spiro atoms. The van der Waals surface area contributed by atoms with Gasteiger partial charge in [0, 0.05) is 18.8 Å². The predicted octanol–water partition coefficient (Wildman–Crippen LogP) is 1.27. The number of aryl methyl sites for hydroxylation is 1. The average Bonchev–Trinajstić information content (AvgIpc) is 2.39. The van der Waals surface area contributed by atoms with Gasteiger partial charge in [-0.15, -0.1) is 0 Å². The first-order valence-electron chi connectivity index (χ1n) is 6.41. The number of benzene rings is 1. The summed E-state index contributed by atoms with van der Waals surface area (Å²) >= 11 is 0. The highest BCUT2D eigenvalue weighted by Gasteiger charge is 2.08. The third-order valence-corrected chi connectivity index (χ3v) is 2.54. The van der Waals surface area contributed by atoms with E-state index in [0.29, 0.717) is 12.3 Å². The normalized spacial score (nSPS) is 11.6. The molecule has 0 saturated carbocycles. The Hall–Kier alpha value is -2.08. The van der Waals surface area contributed by atoms with Gasteiger partial charge in [-0.05, 0) is 26.0 Å². The summed E-state index contributed by atoms with van der Waals surface area (Å²) in [7, 11) is 1.57. The molecule has 3 amide bonds. The zero-order valence-corrected chi connectivity index (χ0v) is 12.0. The molecule has 0 unspecified atom stereocenters. The second-order valence-electron chi connectivity index (χ2n) is 4.60. The van der Waals surface area contributed by atoms with E-state index in [2.05, 4.69) is 16.0 Å². The minimum Gasteiger partial charge on any atom is -0.383 e. The molecule has 1 rings (SSSR count). The Balaban J connectivity index is 2.29. The molecule has 0 saturated heterocycles. The van der Waals surface area contributed by atoms with Crippen molar-refractivity contribution in [3.63, 3.8) is 0 Å². The second-order valence-corrected chi connectivity index (χ2v) is 4.60. The van der Waals surface area contributed by atoms with E-state index >= 15 is 0 Å². The van der Waals surface area contributed by atoms with E-state index in [1.165, 1.54) is 0 Å². The van der Waals surface area contributed by atoms with Crippen LogP contribution in [0, 0.1) is 6.92 Å². The molecule has 0 bridgehead atoms. The van der Waals surface area contributed by atoms with Gasteiger partial charge in [-0.2, -0.15) is 0 Å². The van der Waals surface area contributed by atoms with Crippen LogP contribution >= 0.6 is 0 Å². The third-order valence-electron chi connectivity index (χ3n) is 2.54. The maximum atomic E-state index is 11.6. The second kappa shape index (κ2) is 8.16. The number of hydrogen-bond donors (Lipinski definition) is 3. The van der Waals surface area contributed by atoms with Gasteiger partial charge in [0.2, 0.25) is 5.91 Å². The number of carbonyl (C=O) groups excluding carboxylic acids is 2. The van der Waals surface area contributed by atoms with Crippen molar-refractivity contribution in [2.75, 3.05) is 25.6 Å². The molecule has 110 valence electrons. The number of anilines is 1. The Morgan fingerprint density at radius 3 is 2.50 bits per heavy atom. The van der Waals surface area contributed by atoms with E-state index in [-0.39, 0.29) is 18.5 Å². The van der Waals surface area contributed by atoms with Crippen molar-refractivity contribution >= 4 is 17.6 Å². The molecule has 3 N–H and O–H groups in total. The Kier molecular flexibility index (Phi) is 6.52. The Morgan fingerprint density at radius 2 is 1.90 bits per heavy atom. The molecule has 0 aromatic heterocycles. The first-order chi connectivity index (χ1) is 9.51. The molecule has 0 heterocycles. The molecule has 6 nitrogen and oxygen atoms in total. The van der Waals surface area contributed by atoms with Crippen molar-refractivity contribution in [1.82, 2.24) is 10.6 Å². The average molecular weight is 279 g/mol. The highest BCUT2D eigenvalue weighted by atomic mass is 16.5. The number of rotatable bonds is 6. The largest absolute Gasteiger partial charge is 0.383 e. The van der Waals surface area contributed by atoms with Crippen molar-refractivity contribution in [2.45, 2.75) is 19.9 Å². The predicted molar refractivity (Wildman–Crippen MR) is 77.7 cm³/mol. The summed E-state index contributed by atoms with van der Waals surface area (Å²) < 4.78 is 4.90. The standard InChI is InChI=1S/C14H21N3O3/c1-10-4-6-12(7-5-10)17-14(19)15-8-13(18)16-11(2)9-20-3/h4-7,11H,8-9H2,1-3H3,(H,16,18)(H2,15,17,19)/t11-/m0/s1. The summed E-state index contributed by atoms with van der Waals surface area (Å²) in [5.41, 5.74) is 1.80. The van der Waals surface area contributed by atoms with Crippen LogP contribution in [0.25, 0.3) is 0 Å². The Bertz CT molecular complexity index is 445. The summed E-state index contributed by atoms with van der Waals surface area (Å²) in [5.74, 6) is -0.256. The van der Waals surface area contributed by atoms with Crippen LogP contribution in [0.2, 0.25) is 0 Å². The van der Waals surface area contributed by atoms with Crippen molar-refractivity contribution in [1.29, 1.82) is 0 Å². The highest BCUT2D eigenvalue weighted by molar-refractivity contribution is 5.92. The number of amides is 3. The van der Waals surface area contributed by atoms with Gasteiger partial charge in [0.1, 0.15) is 0 Å². The highest BCUT2D eigenvalue weighted by Crippen LogP contribution is 2.07. The summed E-state index contributed by atoms with van der Waals surface area (Å²) in [6.07, 6.45) is 0. The number of nitrogens with one attached hydrogen (secondary N) is 3. The van der Waals surface area contributed by atoms with E-state index in [4.69, 9.17) is 4.74 Å². The first kappa shape index (κ1) is 16.0. The Morgan fingerprint density at radius 1 is 1.25 bits per heavy atom. The molecular weight excluding hydrogens is 258 g/mol. The fourth-order valence-electron chi connectivity index (χ4n) is 1.59. The van der Waals surface area contributed by atoms with Crippen molar-refractivity contribution in [3.8, 4) is 0 Å². The van der Waals surface area contributed by atoms with Crippen LogP contribution in [0.15, 0.2) is 24.3 Å². The van der Waals surface area contributed by atoms with Gasteiger partial charge in [-0.25, -0.2) is 4.79 Å². The zero-order valence-electron chi connectivity index (χ0n) is 12.0. The first-order valence-corrected chi connectivity index (χ1v) is 6.41. The third kappa shape index (κ3) is 6.19. The molecule has 0 aliphatic carbocycles. The number of methoxy groups -OCH3 is 1. The molecule has 1 aromatic rings. The smallest absolute Gasteiger partial charge is 0.319 e. The minimum absolute atomic E-state index is 0.0776. The molecular formula is C14H21N3O3. The van der Waals surface area contributed by atoms with Crippen LogP contribution in [0.5, 0.6) is 0 Å². The summed E-state index contributed by atoms with van der Waals surface area (Å²) in [6, 6.07) is 6.90. The fourth-order valence-corrected chi connectivity index (χ4v) is 1.59. The van der Waals surface area contributed by atoms with Crippen LogP contribution in [0.4, 0.5) is 10.5 Å².